The fourth-order valence-corrected chi connectivity index (χ4v) is 1.54. The van der Waals surface area contributed by atoms with Crippen molar-refractivity contribution in [3.63, 3.8) is 0 Å². The van der Waals surface area contributed by atoms with Crippen molar-refractivity contribution in [3.8, 4) is 12.3 Å². The first kappa shape index (κ1) is 11.6. The van der Waals surface area contributed by atoms with E-state index in [-0.39, 0.29) is 0 Å². The van der Waals surface area contributed by atoms with Crippen LogP contribution < -0.4 is 5.73 Å². The third-order valence-corrected chi connectivity index (χ3v) is 2.32. The number of rotatable bonds is 5. The zero-order valence-corrected chi connectivity index (χ0v) is 9.24. The van der Waals surface area contributed by atoms with Crippen molar-refractivity contribution in [2.45, 2.75) is 12.8 Å². The van der Waals surface area contributed by atoms with Crippen LogP contribution in [0.2, 0.25) is 0 Å². The molecule has 0 saturated heterocycles. The Bertz CT molecular complexity index is 339. The summed E-state index contributed by atoms with van der Waals surface area (Å²) >= 11 is 0. The normalized spacial score (nSPS) is 10.2. The minimum absolute atomic E-state index is 0.719. The molecule has 0 heterocycles. The lowest BCUT2D eigenvalue weighted by atomic mass is 10.1. The summed E-state index contributed by atoms with van der Waals surface area (Å²) in [4.78, 5) is 2.15. The molecule has 80 valence electrons. The van der Waals surface area contributed by atoms with Crippen LogP contribution >= 0.6 is 0 Å². The van der Waals surface area contributed by atoms with Crippen molar-refractivity contribution in [1.29, 1.82) is 0 Å². The number of terminal acetylenes is 1. The van der Waals surface area contributed by atoms with Gasteiger partial charge in [0.15, 0.2) is 0 Å². The van der Waals surface area contributed by atoms with Gasteiger partial charge >= 0.3 is 0 Å². The molecule has 2 N–H and O–H groups in total. The van der Waals surface area contributed by atoms with Crippen molar-refractivity contribution >= 4 is 5.69 Å². The molecule has 0 radical (unpaired) electrons. The molecule has 0 atom stereocenters. The van der Waals surface area contributed by atoms with Crippen molar-refractivity contribution in [3.05, 3.63) is 29.8 Å². The first-order chi connectivity index (χ1) is 7.22. The molecule has 0 amide bonds. The third kappa shape index (κ3) is 4.53. The maximum Gasteiger partial charge on any atom is 0.0596 e. The van der Waals surface area contributed by atoms with E-state index in [0.717, 1.165) is 31.6 Å². The van der Waals surface area contributed by atoms with Crippen LogP contribution in [-0.4, -0.2) is 25.0 Å². The second-order valence-corrected chi connectivity index (χ2v) is 3.79. The molecule has 2 heteroatoms. The fraction of sp³-hybridized carbons (Fsp3) is 0.385. The SMILES string of the molecule is C#CCN(C)CCCc1cccc(N)c1. The lowest BCUT2D eigenvalue weighted by Gasteiger charge is -2.12. The predicted octanol–water partition coefficient (Wildman–Crippen LogP) is 1.77. The standard InChI is InChI=1S/C13H18N2/c1-3-9-15(2)10-5-7-12-6-4-8-13(14)11-12/h1,4,6,8,11H,5,7,9-10,14H2,2H3. The Morgan fingerprint density at radius 2 is 2.27 bits per heavy atom. The van der Waals surface area contributed by atoms with Gasteiger partial charge in [0.2, 0.25) is 0 Å². The van der Waals surface area contributed by atoms with Crippen LogP contribution in [0.15, 0.2) is 24.3 Å². The van der Waals surface area contributed by atoms with Gasteiger partial charge < -0.3 is 5.73 Å². The molecule has 2 nitrogen and oxygen atoms in total. The summed E-state index contributed by atoms with van der Waals surface area (Å²) in [6.07, 6.45) is 7.39. The average Bonchev–Trinajstić information content (AvgIpc) is 2.18. The number of nitrogens with zero attached hydrogens (tertiary/aromatic N) is 1. The summed E-state index contributed by atoms with van der Waals surface area (Å²) in [7, 11) is 2.04. The maximum atomic E-state index is 5.70. The van der Waals surface area contributed by atoms with Gasteiger partial charge in [-0.15, -0.1) is 6.42 Å². The number of hydrogen-bond acceptors (Lipinski definition) is 2. The van der Waals surface area contributed by atoms with Gasteiger partial charge in [0.1, 0.15) is 0 Å². The lowest BCUT2D eigenvalue weighted by molar-refractivity contribution is 0.369. The summed E-state index contributed by atoms with van der Waals surface area (Å²) in [5, 5.41) is 0. The number of nitrogens with two attached hydrogens (primary N) is 1. The van der Waals surface area contributed by atoms with Gasteiger partial charge in [-0.3, -0.25) is 4.90 Å². The zero-order chi connectivity index (χ0) is 11.1. The molecule has 0 saturated carbocycles. The predicted molar refractivity (Wildman–Crippen MR) is 65.5 cm³/mol. The molecule has 0 aliphatic rings. The van der Waals surface area contributed by atoms with Crippen LogP contribution in [0, 0.1) is 12.3 Å². The largest absolute Gasteiger partial charge is 0.399 e. The van der Waals surface area contributed by atoms with Crippen LogP contribution in [0.3, 0.4) is 0 Å². The van der Waals surface area contributed by atoms with E-state index in [0.29, 0.717) is 0 Å². The third-order valence-electron chi connectivity index (χ3n) is 2.32. The number of anilines is 1. The number of aryl methyl sites for hydroxylation is 1. The average molecular weight is 202 g/mol. The second kappa shape index (κ2) is 6.10. The molecule has 0 aromatic heterocycles. The van der Waals surface area contributed by atoms with E-state index in [4.69, 9.17) is 12.2 Å². The van der Waals surface area contributed by atoms with E-state index in [2.05, 4.69) is 16.9 Å². The monoisotopic (exact) mass is 202 g/mol. The van der Waals surface area contributed by atoms with Gasteiger partial charge in [0.25, 0.3) is 0 Å². The Morgan fingerprint density at radius 1 is 1.47 bits per heavy atom. The summed E-state index contributed by atoms with van der Waals surface area (Å²) in [6, 6.07) is 8.04. The quantitative estimate of drug-likeness (QED) is 0.582. The van der Waals surface area contributed by atoms with Gasteiger partial charge in [0.05, 0.1) is 6.54 Å². The van der Waals surface area contributed by atoms with E-state index in [1.807, 2.05) is 25.2 Å². The Kier molecular flexibility index (Phi) is 4.73. The molecule has 0 spiro atoms. The fourth-order valence-electron chi connectivity index (χ4n) is 1.54. The molecular weight excluding hydrogens is 184 g/mol. The van der Waals surface area contributed by atoms with E-state index >= 15 is 0 Å². The highest BCUT2D eigenvalue weighted by molar-refractivity contribution is 5.40. The number of hydrogen-bond donors (Lipinski definition) is 1. The van der Waals surface area contributed by atoms with E-state index in [1.54, 1.807) is 0 Å². The molecule has 0 aliphatic carbocycles. The van der Waals surface area contributed by atoms with Crippen molar-refractivity contribution in [1.82, 2.24) is 4.90 Å². The van der Waals surface area contributed by atoms with Gasteiger partial charge in [0, 0.05) is 5.69 Å². The molecule has 0 fully saturated rings. The molecule has 0 unspecified atom stereocenters. The molecule has 1 aromatic rings. The van der Waals surface area contributed by atoms with Crippen LogP contribution in [0.25, 0.3) is 0 Å². The Hall–Kier alpha value is -1.46. The summed E-state index contributed by atoms with van der Waals surface area (Å²) in [6.45, 7) is 1.75. The molecule has 1 aromatic carbocycles. The van der Waals surface area contributed by atoms with Crippen LogP contribution in [0.1, 0.15) is 12.0 Å². The lowest BCUT2D eigenvalue weighted by Crippen LogP contribution is -2.20. The van der Waals surface area contributed by atoms with Gasteiger partial charge in [-0.05, 0) is 44.1 Å². The zero-order valence-electron chi connectivity index (χ0n) is 9.24. The van der Waals surface area contributed by atoms with E-state index in [9.17, 15) is 0 Å². The summed E-state index contributed by atoms with van der Waals surface area (Å²) < 4.78 is 0. The van der Waals surface area contributed by atoms with Gasteiger partial charge in [-0.25, -0.2) is 0 Å². The smallest absolute Gasteiger partial charge is 0.0596 e. The Balaban J connectivity index is 2.29. The first-order valence-corrected chi connectivity index (χ1v) is 5.19. The maximum absolute atomic E-state index is 5.70. The molecule has 0 bridgehead atoms. The van der Waals surface area contributed by atoms with E-state index < -0.39 is 0 Å². The topological polar surface area (TPSA) is 29.3 Å². The molecular formula is C13H18N2. The molecule has 1 rings (SSSR count). The van der Waals surface area contributed by atoms with Gasteiger partial charge in [-0.2, -0.15) is 0 Å². The number of nitrogen functional groups attached to an aromatic ring is 1. The van der Waals surface area contributed by atoms with Crippen LogP contribution in [0.4, 0.5) is 5.69 Å². The Morgan fingerprint density at radius 3 is 2.93 bits per heavy atom. The highest BCUT2D eigenvalue weighted by atomic mass is 15.1. The molecule has 15 heavy (non-hydrogen) atoms. The summed E-state index contributed by atoms with van der Waals surface area (Å²) in [5.41, 5.74) is 7.83. The highest BCUT2D eigenvalue weighted by Gasteiger charge is 1.97. The van der Waals surface area contributed by atoms with E-state index in [1.165, 1.54) is 5.56 Å². The van der Waals surface area contributed by atoms with Gasteiger partial charge in [-0.1, -0.05) is 18.1 Å². The minimum atomic E-state index is 0.719. The van der Waals surface area contributed by atoms with Crippen molar-refractivity contribution in [2.75, 3.05) is 25.9 Å². The molecule has 0 aliphatic heterocycles. The minimum Gasteiger partial charge on any atom is -0.399 e. The highest BCUT2D eigenvalue weighted by Crippen LogP contribution is 2.08. The van der Waals surface area contributed by atoms with Crippen molar-refractivity contribution < 1.29 is 0 Å². The number of benzene rings is 1. The van der Waals surface area contributed by atoms with Crippen LogP contribution in [-0.2, 0) is 6.42 Å². The summed E-state index contributed by atoms with van der Waals surface area (Å²) in [5.74, 6) is 2.63. The second-order valence-electron chi connectivity index (χ2n) is 3.79. The van der Waals surface area contributed by atoms with Crippen molar-refractivity contribution in [2.24, 2.45) is 0 Å². The van der Waals surface area contributed by atoms with Crippen LogP contribution in [0.5, 0.6) is 0 Å². The Labute approximate surface area is 92.1 Å². The first-order valence-electron chi connectivity index (χ1n) is 5.19.